The molecule has 0 aromatic heterocycles. The molecule has 1 N–H and O–H groups in total. The minimum absolute atomic E-state index is 0. The van der Waals surface area contributed by atoms with E-state index in [9.17, 15) is 0 Å². The summed E-state index contributed by atoms with van der Waals surface area (Å²) in [4.78, 5) is 2.32. The van der Waals surface area contributed by atoms with Gasteiger partial charge in [0.25, 0.3) is 0 Å². The number of hydrogen-bond donors (Lipinski definition) is 1. The van der Waals surface area contributed by atoms with Crippen LogP contribution in [0.5, 0.6) is 5.75 Å². The Balaban J connectivity index is 0.00000108. The minimum atomic E-state index is 0. The summed E-state index contributed by atoms with van der Waals surface area (Å²) in [5.41, 5.74) is 2.81. The van der Waals surface area contributed by atoms with Crippen molar-refractivity contribution in [3.8, 4) is 5.75 Å². The molecule has 4 heteroatoms. The summed E-state index contributed by atoms with van der Waals surface area (Å²) in [7, 11) is 2.15. The highest BCUT2D eigenvalue weighted by atomic mass is 35.5. The average Bonchev–Trinajstić information content (AvgIpc) is 2.87. The number of rotatable bonds is 2. The number of halogens is 1. The Kier molecular flexibility index (Phi) is 3.92. The third-order valence-electron chi connectivity index (χ3n) is 3.46. The van der Waals surface area contributed by atoms with Crippen molar-refractivity contribution in [1.82, 2.24) is 10.2 Å². The van der Waals surface area contributed by atoms with Crippen LogP contribution in [0.2, 0.25) is 0 Å². The third kappa shape index (κ3) is 2.73. The maximum Gasteiger partial charge on any atom is 0.120 e. The molecule has 0 amide bonds. The molecule has 1 atom stereocenters. The lowest BCUT2D eigenvalue weighted by atomic mass is 10.1. The van der Waals surface area contributed by atoms with Crippen LogP contribution in [0.15, 0.2) is 18.2 Å². The van der Waals surface area contributed by atoms with Gasteiger partial charge < -0.3 is 15.0 Å². The topological polar surface area (TPSA) is 24.5 Å². The van der Waals surface area contributed by atoms with E-state index in [1.807, 2.05) is 0 Å². The van der Waals surface area contributed by atoms with Crippen LogP contribution < -0.4 is 10.1 Å². The number of likely N-dealkylation sites (tertiary alicyclic amines) is 1. The fraction of sp³-hybridized carbons (Fsp3) is 0.538. The number of fused-ring (bicyclic) bond motifs is 1. The summed E-state index contributed by atoms with van der Waals surface area (Å²) in [6.45, 7) is 4.19. The Bertz CT molecular complexity index is 397. The van der Waals surface area contributed by atoms with Crippen LogP contribution in [0.3, 0.4) is 0 Å². The van der Waals surface area contributed by atoms with Crippen molar-refractivity contribution in [1.29, 1.82) is 0 Å². The van der Waals surface area contributed by atoms with Gasteiger partial charge in [-0.05, 0) is 36.7 Å². The molecule has 2 aliphatic rings. The SMILES string of the molecule is CN1CC[C@H](Oc2ccc3c(c2)CNC3)C1.Cl. The fourth-order valence-corrected chi connectivity index (χ4v) is 2.53. The highest BCUT2D eigenvalue weighted by molar-refractivity contribution is 5.85. The van der Waals surface area contributed by atoms with Gasteiger partial charge in [0, 0.05) is 26.2 Å². The lowest BCUT2D eigenvalue weighted by Gasteiger charge is -2.14. The molecule has 17 heavy (non-hydrogen) atoms. The molecule has 0 spiro atoms. The zero-order chi connectivity index (χ0) is 11.0. The lowest BCUT2D eigenvalue weighted by molar-refractivity contribution is 0.208. The number of benzene rings is 1. The van der Waals surface area contributed by atoms with Gasteiger partial charge in [-0.15, -0.1) is 12.4 Å². The van der Waals surface area contributed by atoms with Crippen LogP contribution >= 0.6 is 12.4 Å². The summed E-state index contributed by atoms with van der Waals surface area (Å²) in [6.07, 6.45) is 1.52. The molecule has 0 bridgehead atoms. The van der Waals surface area contributed by atoms with Crippen LogP contribution in [0.1, 0.15) is 17.5 Å². The van der Waals surface area contributed by atoms with Gasteiger partial charge in [-0.25, -0.2) is 0 Å². The summed E-state index contributed by atoms with van der Waals surface area (Å²) in [5, 5.41) is 3.35. The van der Waals surface area contributed by atoms with Gasteiger partial charge in [-0.3, -0.25) is 0 Å². The van der Waals surface area contributed by atoms with E-state index in [1.165, 1.54) is 11.1 Å². The van der Waals surface area contributed by atoms with Gasteiger partial charge in [0.05, 0.1) is 0 Å². The Morgan fingerprint density at radius 1 is 1.29 bits per heavy atom. The van der Waals surface area contributed by atoms with Crippen molar-refractivity contribution >= 4 is 12.4 Å². The first-order valence-electron chi connectivity index (χ1n) is 5.99. The first-order valence-corrected chi connectivity index (χ1v) is 5.99. The summed E-state index contributed by atoms with van der Waals surface area (Å²) < 4.78 is 6.00. The van der Waals surface area contributed by atoms with E-state index in [2.05, 4.69) is 35.5 Å². The second-order valence-corrected chi connectivity index (χ2v) is 4.82. The van der Waals surface area contributed by atoms with Crippen LogP contribution in [0.25, 0.3) is 0 Å². The highest BCUT2D eigenvalue weighted by Crippen LogP contribution is 2.23. The molecule has 3 nitrogen and oxygen atoms in total. The number of nitrogens with zero attached hydrogens (tertiary/aromatic N) is 1. The normalized spacial score (nSPS) is 23.2. The molecule has 94 valence electrons. The predicted octanol–water partition coefficient (Wildman–Crippen LogP) is 1.79. The molecule has 1 saturated heterocycles. The van der Waals surface area contributed by atoms with Crippen molar-refractivity contribution in [2.45, 2.75) is 25.6 Å². The van der Waals surface area contributed by atoms with Gasteiger partial charge in [0.2, 0.25) is 0 Å². The minimum Gasteiger partial charge on any atom is -0.489 e. The van der Waals surface area contributed by atoms with E-state index in [1.54, 1.807) is 0 Å². The van der Waals surface area contributed by atoms with E-state index in [0.29, 0.717) is 6.10 Å². The molecule has 0 radical (unpaired) electrons. The average molecular weight is 255 g/mol. The molecule has 0 aliphatic carbocycles. The van der Waals surface area contributed by atoms with E-state index in [4.69, 9.17) is 4.74 Å². The number of nitrogens with one attached hydrogen (secondary N) is 1. The van der Waals surface area contributed by atoms with Gasteiger partial charge in [0.1, 0.15) is 11.9 Å². The third-order valence-corrected chi connectivity index (χ3v) is 3.46. The molecule has 2 aliphatic heterocycles. The van der Waals surface area contributed by atoms with Gasteiger partial charge in [0.15, 0.2) is 0 Å². The number of ether oxygens (including phenoxy) is 1. The largest absolute Gasteiger partial charge is 0.489 e. The quantitative estimate of drug-likeness (QED) is 0.871. The first kappa shape index (κ1) is 12.7. The molecule has 3 rings (SSSR count). The first-order chi connectivity index (χ1) is 7.81. The molecule has 0 saturated carbocycles. The van der Waals surface area contributed by atoms with Crippen LogP contribution in [-0.4, -0.2) is 31.1 Å². The standard InChI is InChI=1S/C13H18N2O.ClH/c1-15-5-4-13(9-15)16-12-3-2-10-7-14-8-11(10)6-12;/h2-3,6,13-14H,4-5,7-9H2,1H3;1H/t13-;/m0./s1. The molecule has 1 aromatic rings. The summed E-state index contributed by atoms with van der Waals surface area (Å²) in [5.74, 6) is 1.03. The van der Waals surface area contributed by atoms with Crippen LogP contribution in [-0.2, 0) is 13.1 Å². The van der Waals surface area contributed by atoms with Crippen molar-refractivity contribution in [2.75, 3.05) is 20.1 Å². The molecule has 0 unspecified atom stereocenters. The number of hydrogen-bond acceptors (Lipinski definition) is 3. The van der Waals surface area contributed by atoms with E-state index in [-0.39, 0.29) is 12.4 Å². The van der Waals surface area contributed by atoms with Gasteiger partial charge in [-0.2, -0.15) is 0 Å². The van der Waals surface area contributed by atoms with Gasteiger partial charge >= 0.3 is 0 Å². The fourth-order valence-electron chi connectivity index (χ4n) is 2.53. The Labute approximate surface area is 109 Å². The smallest absolute Gasteiger partial charge is 0.120 e. The predicted molar refractivity (Wildman–Crippen MR) is 70.8 cm³/mol. The molecular formula is C13H19ClN2O. The van der Waals surface area contributed by atoms with Crippen molar-refractivity contribution in [3.05, 3.63) is 29.3 Å². The Morgan fingerprint density at radius 2 is 2.12 bits per heavy atom. The van der Waals surface area contributed by atoms with Crippen LogP contribution in [0, 0.1) is 0 Å². The van der Waals surface area contributed by atoms with E-state index >= 15 is 0 Å². The van der Waals surface area contributed by atoms with Crippen molar-refractivity contribution in [2.24, 2.45) is 0 Å². The Morgan fingerprint density at radius 3 is 2.88 bits per heavy atom. The second-order valence-electron chi connectivity index (χ2n) is 4.82. The van der Waals surface area contributed by atoms with Crippen molar-refractivity contribution in [3.63, 3.8) is 0 Å². The van der Waals surface area contributed by atoms with E-state index < -0.39 is 0 Å². The second kappa shape index (κ2) is 5.25. The zero-order valence-electron chi connectivity index (χ0n) is 10.1. The molecule has 1 fully saturated rings. The summed E-state index contributed by atoms with van der Waals surface area (Å²) >= 11 is 0. The van der Waals surface area contributed by atoms with Crippen molar-refractivity contribution < 1.29 is 4.74 Å². The maximum atomic E-state index is 6.00. The van der Waals surface area contributed by atoms with Gasteiger partial charge in [-0.1, -0.05) is 6.07 Å². The van der Waals surface area contributed by atoms with E-state index in [0.717, 1.165) is 38.3 Å². The molecule has 2 heterocycles. The Hall–Kier alpha value is -0.770. The van der Waals surface area contributed by atoms with Crippen LogP contribution in [0.4, 0.5) is 0 Å². The summed E-state index contributed by atoms with van der Waals surface area (Å²) in [6, 6.07) is 6.47. The zero-order valence-corrected chi connectivity index (χ0v) is 10.9. The monoisotopic (exact) mass is 254 g/mol. The molecule has 1 aromatic carbocycles. The lowest BCUT2D eigenvalue weighted by Crippen LogP contribution is -2.21. The maximum absolute atomic E-state index is 6.00. The molecular weight excluding hydrogens is 236 g/mol. The highest BCUT2D eigenvalue weighted by Gasteiger charge is 2.21. The number of likely N-dealkylation sites (N-methyl/N-ethyl adjacent to an activating group) is 1.